The van der Waals surface area contributed by atoms with E-state index in [4.69, 9.17) is 9.52 Å². The number of rotatable bonds is 10. The number of hydrogen-bond acceptors (Lipinski definition) is 4. The summed E-state index contributed by atoms with van der Waals surface area (Å²) in [5, 5.41) is 15.2. The SMILES string of the molecule is CCNC(=NCc1ccccc1Cn1cccn1)NCc1cc(C(CC)CC)no1. The molecular formula is C23H32N6O. The Labute approximate surface area is 178 Å². The zero-order valence-electron chi connectivity index (χ0n) is 18.1. The Kier molecular flexibility index (Phi) is 8.06. The van der Waals surface area contributed by atoms with Gasteiger partial charge in [-0.1, -0.05) is 43.3 Å². The third-order valence-corrected chi connectivity index (χ3v) is 5.17. The van der Waals surface area contributed by atoms with Crippen LogP contribution in [0.5, 0.6) is 0 Å². The summed E-state index contributed by atoms with van der Waals surface area (Å²) in [6.45, 7) is 9.08. The van der Waals surface area contributed by atoms with Crippen LogP contribution in [0.1, 0.15) is 62.1 Å². The molecule has 160 valence electrons. The molecule has 0 fully saturated rings. The summed E-state index contributed by atoms with van der Waals surface area (Å²) < 4.78 is 7.44. The Bertz CT molecular complexity index is 911. The summed E-state index contributed by atoms with van der Waals surface area (Å²) >= 11 is 0. The average molecular weight is 409 g/mol. The second kappa shape index (κ2) is 11.2. The fourth-order valence-corrected chi connectivity index (χ4v) is 3.42. The number of benzene rings is 1. The minimum Gasteiger partial charge on any atom is -0.359 e. The van der Waals surface area contributed by atoms with E-state index < -0.39 is 0 Å². The molecule has 0 spiro atoms. The second-order valence-electron chi connectivity index (χ2n) is 7.25. The van der Waals surface area contributed by atoms with Gasteiger partial charge in [0.1, 0.15) is 0 Å². The molecule has 0 bridgehead atoms. The van der Waals surface area contributed by atoms with Gasteiger partial charge in [0, 0.05) is 30.9 Å². The lowest BCUT2D eigenvalue weighted by atomic mass is 9.99. The topological polar surface area (TPSA) is 80.3 Å². The molecule has 1 aromatic carbocycles. The van der Waals surface area contributed by atoms with Crippen LogP contribution in [0.25, 0.3) is 0 Å². The first kappa shape index (κ1) is 21.6. The molecule has 0 aliphatic heterocycles. The largest absolute Gasteiger partial charge is 0.359 e. The van der Waals surface area contributed by atoms with Gasteiger partial charge in [0.05, 0.1) is 25.3 Å². The van der Waals surface area contributed by atoms with Crippen LogP contribution >= 0.6 is 0 Å². The molecule has 2 aromatic heterocycles. The van der Waals surface area contributed by atoms with Crippen LogP contribution < -0.4 is 10.6 Å². The van der Waals surface area contributed by atoms with Gasteiger partial charge in [-0.25, -0.2) is 4.99 Å². The molecule has 0 saturated heterocycles. The van der Waals surface area contributed by atoms with Gasteiger partial charge in [-0.05, 0) is 37.0 Å². The second-order valence-corrected chi connectivity index (χ2v) is 7.25. The van der Waals surface area contributed by atoms with Gasteiger partial charge in [-0.15, -0.1) is 0 Å². The van der Waals surface area contributed by atoms with Crippen molar-refractivity contribution >= 4 is 5.96 Å². The molecule has 3 aromatic rings. The van der Waals surface area contributed by atoms with Crippen molar-refractivity contribution in [2.24, 2.45) is 4.99 Å². The van der Waals surface area contributed by atoms with Crippen molar-refractivity contribution in [1.29, 1.82) is 0 Å². The van der Waals surface area contributed by atoms with Crippen LogP contribution in [0.4, 0.5) is 0 Å². The van der Waals surface area contributed by atoms with Gasteiger partial charge in [0.2, 0.25) is 0 Å². The molecule has 0 saturated carbocycles. The lowest BCUT2D eigenvalue weighted by molar-refractivity contribution is 0.368. The first-order chi connectivity index (χ1) is 14.7. The van der Waals surface area contributed by atoms with Crippen LogP contribution in [0.15, 0.2) is 58.3 Å². The zero-order chi connectivity index (χ0) is 21.2. The number of aromatic nitrogens is 3. The van der Waals surface area contributed by atoms with E-state index in [-0.39, 0.29) is 0 Å². The molecule has 7 nitrogen and oxygen atoms in total. The van der Waals surface area contributed by atoms with Gasteiger partial charge < -0.3 is 15.2 Å². The van der Waals surface area contributed by atoms with Crippen molar-refractivity contribution in [2.75, 3.05) is 6.54 Å². The summed E-state index contributed by atoms with van der Waals surface area (Å²) in [6, 6.07) is 12.3. The van der Waals surface area contributed by atoms with E-state index in [1.165, 1.54) is 11.1 Å². The molecule has 0 aliphatic rings. The Morgan fingerprint density at radius 1 is 1.10 bits per heavy atom. The minimum absolute atomic E-state index is 0.454. The lowest BCUT2D eigenvalue weighted by Crippen LogP contribution is -2.36. The molecule has 2 heterocycles. The van der Waals surface area contributed by atoms with Gasteiger partial charge in [0.25, 0.3) is 0 Å². The average Bonchev–Trinajstić information content (AvgIpc) is 3.44. The van der Waals surface area contributed by atoms with E-state index >= 15 is 0 Å². The molecule has 30 heavy (non-hydrogen) atoms. The van der Waals surface area contributed by atoms with Crippen molar-refractivity contribution in [3.05, 3.63) is 71.4 Å². The maximum atomic E-state index is 5.51. The highest BCUT2D eigenvalue weighted by molar-refractivity contribution is 5.79. The molecule has 3 rings (SSSR count). The highest BCUT2D eigenvalue weighted by Gasteiger charge is 2.13. The Morgan fingerprint density at radius 3 is 2.60 bits per heavy atom. The Morgan fingerprint density at radius 2 is 1.90 bits per heavy atom. The van der Waals surface area contributed by atoms with E-state index in [9.17, 15) is 0 Å². The van der Waals surface area contributed by atoms with Crippen LogP contribution in [-0.2, 0) is 19.6 Å². The molecule has 0 aliphatic carbocycles. The Hall–Kier alpha value is -3.09. The van der Waals surface area contributed by atoms with Crippen molar-refractivity contribution in [1.82, 2.24) is 25.6 Å². The summed E-state index contributed by atoms with van der Waals surface area (Å²) in [5.41, 5.74) is 3.43. The standard InChI is InChI=1S/C23H32N6O/c1-4-18(5-2)22-14-21(30-28-22)16-26-23(24-6-3)25-15-19-10-7-8-11-20(19)17-29-13-9-12-27-29/h7-14,18H,4-6,15-17H2,1-3H3,(H2,24,25,26). The number of guanidine groups is 1. The molecule has 0 radical (unpaired) electrons. The lowest BCUT2D eigenvalue weighted by Gasteiger charge is -2.12. The van der Waals surface area contributed by atoms with E-state index in [1.54, 1.807) is 6.20 Å². The fourth-order valence-electron chi connectivity index (χ4n) is 3.42. The summed E-state index contributed by atoms with van der Waals surface area (Å²) in [4.78, 5) is 4.77. The maximum Gasteiger partial charge on any atom is 0.191 e. The Balaban J connectivity index is 1.64. The van der Waals surface area contributed by atoms with Crippen molar-refractivity contribution in [3.63, 3.8) is 0 Å². The first-order valence-corrected chi connectivity index (χ1v) is 10.7. The summed E-state index contributed by atoms with van der Waals surface area (Å²) in [7, 11) is 0. The predicted octanol–water partition coefficient (Wildman–Crippen LogP) is 4.08. The molecular weight excluding hydrogens is 376 g/mol. The van der Waals surface area contributed by atoms with Crippen molar-refractivity contribution in [2.45, 2.75) is 59.2 Å². The van der Waals surface area contributed by atoms with Gasteiger partial charge in [0.15, 0.2) is 11.7 Å². The monoisotopic (exact) mass is 408 g/mol. The quantitative estimate of drug-likeness (QED) is 0.390. The molecule has 0 atom stereocenters. The predicted molar refractivity (Wildman–Crippen MR) is 119 cm³/mol. The van der Waals surface area contributed by atoms with Crippen LogP contribution in [0, 0.1) is 0 Å². The molecule has 7 heteroatoms. The van der Waals surface area contributed by atoms with Crippen LogP contribution in [0.3, 0.4) is 0 Å². The molecule has 0 unspecified atom stereocenters. The number of nitrogens with one attached hydrogen (secondary N) is 2. The fraction of sp³-hybridized carbons (Fsp3) is 0.435. The minimum atomic E-state index is 0.454. The van der Waals surface area contributed by atoms with Gasteiger partial charge in [-0.2, -0.15) is 5.10 Å². The summed E-state index contributed by atoms with van der Waals surface area (Å²) in [6.07, 6.45) is 5.90. The highest BCUT2D eigenvalue weighted by Crippen LogP contribution is 2.22. The molecule has 2 N–H and O–H groups in total. The van der Waals surface area contributed by atoms with E-state index in [0.29, 0.717) is 19.0 Å². The maximum absolute atomic E-state index is 5.51. The van der Waals surface area contributed by atoms with Crippen molar-refractivity contribution < 1.29 is 4.52 Å². The third-order valence-electron chi connectivity index (χ3n) is 5.17. The number of hydrogen-bond donors (Lipinski definition) is 2. The number of nitrogens with zero attached hydrogens (tertiary/aromatic N) is 4. The van der Waals surface area contributed by atoms with Gasteiger partial charge in [-0.3, -0.25) is 4.68 Å². The highest BCUT2D eigenvalue weighted by atomic mass is 16.5. The van der Waals surface area contributed by atoms with Crippen LogP contribution in [-0.4, -0.2) is 27.4 Å². The van der Waals surface area contributed by atoms with E-state index in [1.807, 2.05) is 29.1 Å². The van der Waals surface area contributed by atoms with E-state index in [0.717, 1.165) is 43.3 Å². The smallest absolute Gasteiger partial charge is 0.191 e. The van der Waals surface area contributed by atoms with Crippen molar-refractivity contribution in [3.8, 4) is 0 Å². The first-order valence-electron chi connectivity index (χ1n) is 10.7. The van der Waals surface area contributed by atoms with Crippen LogP contribution in [0.2, 0.25) is 0 Å². The number of aliphatic imine (C=N–C) groups is 1. The summed E-state index contributed by atoms with van der Waals surface area (Å²) in [5.74, 6) is 2.03. The molecule has 0 amide bonds. The third kappa shape index (κ3) is 5.95. The van der Waals surface area contributed by atoms with Gasteiger partial charge >= 0.3 is 0 Å². The van der Waals surface area contributed by atoms with E-state index in [2.05, 4.69) is 59.9 Å². The zero-order valence-corrected chi connectivity index (χ0v) is 18.1. The normalized spacial score (nSPS) is 11.8.